The van der Waals surface area contributed by atoms with Crippen molar-refractivity contribution in [3.63, 3.8) is 0 Å². The zero-order chi connectivity index (χ0) is 24.3. The van der Waals surface area contributed by atoms with Crippen molar-refractivity contribution < 1.29 is 41.0 Å². The van der Waals surface area contributed by atoms with Crippen molar-refractivity contribution in [1.82, 2.24) is 14.9 Å². The molecule has 0 radical (unpaired) electrons. The fourth-order valence-electron chi connectivity index (χ4n) is 3.48. The lowest BCUT2D eigenvalue weighted by Crippen LogP contribution is -2.53. The molecule has 2 aromatic carbocycles. The lowest BCUT2D eigenvalue weighted by molar-refractivity contribution is -0.140. The van der Waals surface area contributed by atoms with E-state index < -0.39 is 44.6 Å². The molecular formula is C21H21F2N3O7S. The molecule has 13 heteroatoms. The summed E-state index contributed by atoms with van der Waals surface area (Å²) in [6.07, 6.45) is -0.886. The summed E-state index contributed by atoms with van der Waals surface area (Å²) in [6, 6.07) is 7.16. The van der Waals surface area contributed by atoms with Crippen LogP contribution in [0.4, 0.5) is 8.78 Å². The Morgan fingerprint density at radius 3 is 2.62 bits per heavy atom. The lowest BCUT2D eigenvalue weighted by Gasteiger charge is -2.34. The normalized spacial score (nSPS) is 17.9. The SMILES string of the molecule is O=C(NCc1ccc2c(c1)OCO2)C(=O)NC[C@H]1OCCCN1S(=O)(=O)c1cc(F)ccc1F. The fourth-order valence-corrected chi connectivity index (χ4v) is 5.12. The predicted octanol–water partition coefficient (Wildman–Crippen LogP) is 0.863. The number of nitrogens with zero attached hydrogens (tertiary/aromatic N) is 1. The number of carbonyl (C=O) groups is 2. The average molecular weight is 497 g/mol. The number of hydrogen-bond acceptors (Lipinski definition) is 7. The van der Waals surface area contributed by atoms with E-state index in [2.05, 4.69) is 10.6 Å². The van der Waals surface area contributed by atoms with Gasteiger partial charge >= 0.3 is 11.8 Å². The van der Waals surface area contributed by atoms with E-state index in [1.807, 2.05) is 0 Å². The third-order valence-corrected chi connectivity index (χ3v) is 7.07. The summed E-state index contributed by atoms with van der Waals surface area (Å²) in [4.78, 5) is 23.5. The van der Waals surface area contributed by atoms with Crippen LogP contribution in [0, 0.1) is 11.6 Å². The van der Waals surface area contributed by atoms with E-state index >= 15 is 0 Å². The summed E-state index contributed by atoms with van der Waals surface area (Å²) < 4.78 is 70.2. The molecule has 34 heavy (non-hydrogen) atoms. The Labute approximate surface area is 193 Å². The molecule has 0 unspecified atom stereocenters. The highest BCUT2D eigenvalue weighted by molar-refractivity contribution is 7.89. The van der Waals surface area contributed by atoms with Gasteiger partial charge in [-0.1, -0.05) is 6.07 Å². The minimum atomic E-state index is -4.46. The van der Waals surface area contributed by atoms with Gasteiger partial charge in [-0.25, -0.2) is 17.2 Å². The van der Waals surface area contributed by atoms with Gasteiger partial charge < -0.3 is 24.8 Å². The van der Waals surface area contributed by atoms with Gasteiger partial charge in [-0.3, -0.25) is 9.59 Å². The van der Waals surface area contributed by atoms with Gasteiger partial charge in [-0.2, -0.15) is 4.31 Å². The highest BCUT2D eigenvalue weighted by Crippen LogP contribution is 2.32. The van der Waals surface area contributed by atoms with Gasteiger partial charge in [0.15, 0.2) is 11.5 Å². The Bertz CT molecular complexity index is 1210. The number of hydrogen-bond donors (Lipinski definition) is 2. The van der Waals surface area contributed by atoms with Crippen LogP contribution in [0.5, 0.6) is 11.5 Å². The molecule has 2 amide bonds. The van der Waals surface area contributed by atoms with Crippen molar-refractivity contribution in [2.24, 2.45) is 0 Å². The molecule has 2 aromatic rings. The fraction of sp³-hybridized carbons (Fsp3) is 0.333. The maximum Gasteiger partial charge on any atom is 0.309 e. The van der Waals surface area contributed by atoms with Gasteiger partial charge in [0.2, 0.25) is 16.8 Å². The summed E-state index contributed by atoms with van der Waals surface area (Å²) in [7, 11) is -4.46. The van der Waals surface area contributed by atoms with E-state index in [1.54, 1.807) is 18.2 Å². The third kappa shape index (κ3) is 5.11. The monoisotopic (exact) mass is 497 g/mol. The quantitative estimate of drug-likeness (QED) is 0.568. The molecular weight excluding hydrogens is 476 g/mol. The van der Waals surface area contributed by atoms with Crippen LogP contribution in [0.3, 0.4) is 0 Å². The Kier molecular flexibility index (Phi) is 6.95. The van der Waals surface area contributed by atoms with Crippen molar-refractivity contribution in [3.8, 4) is 11.5 Å². The second-order valence-electron chi connectivity index (χ2n) is 7.45. The molecule has 2 aliphatic heterocycles. The second-order valence-corrected chi connectivity index (χ2v) is 9.31. The summed E-state index contributed by atoms with van der Waals surface area (Å²) in [5.41, 5.74) is 0.676. The lowest BCUT2D eigenvalue weighted by atomic mass is 10.2. The third-order valence-electron chi connectivity index (χ3n) is 5.17. The summed E-state index contributed by atoms with van der Waals surface area (Å²) in [5, 5.41) is 4.76. The van der Waals surface area contributed by atoms with E-state index in [0.29, 0.717) is 35.6 Å². The highest BCUT2D eigenvalue weighted by Gasteiger charge is 2.36. The molecule has 182 valence electrons. The van der Waals surface area contributed by atoms with Gasteiger partial charge in [0.1, 0.15) is 22.8 Å². The number of sulfonamides is 1. The summed E-state index contributed by atoms with van der Waals surface area (Å²) in [6.45, 7) is -0.0619. The summed E-state index contributed by atoms with van der Waals surface area (Å²) in [5.74, 6) is -2.87. The van der Waals surface area contributed by atoms with Crippen LogP contribution >= 0.6 is 0 Å². The van der Waals surface area contributed by atoms with Crippen molar-refractivity contribution in [3.05, 3.63) is 53.6 Å². The van der Waals surface area contributed by atoms with Crippen molar-refractivity contribution >= 4 is 21.8 Å². The molecule has 2 N–H and O–H groups in total. The number of amides is 2. The minimum absolute atomic E-state index is 0.0326. The first-order valence-electron chi connectivity index (χ1n) is 10.3. The second kappa shape index (κ2) is 9.91. The molecule has 0 aromatic heterocycles. The maximum absolute atomic E-state index is 14.1. The first-order chi connectivity index (χ1) is 16.3. The Morgan fingerprint density at radius 1 is 1.03 bits per heavy atom. The van der Waals surface area contributed by atoms with Crippen molar-refractivity contribution in [1.29, 1.82) is 0 Å². The molecule has 1 atom stereocenters. The molecule has 1 saturated heterocycles. The Hall–Kier alpha value is -3.29. The number of fused-ring (bicyclic) bond motifs is 1. The van der Waals surface area contributed by atoms with Crippen LogP contribution in [0.15, 0.2) is 41.3 Å². The van der Waals surface area contributed by atoms with Crippen LogP contribution in [-0.4, -0.2) is 57.3 Å². The van der Waals surface area contributed by atoms with E-state index in [1.165, 1.54) is 0 Å². The number of ether oxygens (including phenoxy) is 3. The van der Waals surface area contributed by atoms with Crippen LogP contribution in [0.25, 0.3) is 0 Å². The van der Waals surface area contributed by atoms with Crippen LogP contribution in [-0.2, 0) is 30.9 Å². The van der Waals surface area contributed by atoms with Crippen LogP contribution in [0.1, 0.15) is 12.0 Å². The van der Waals surface area contributed by atoms with Gasteiger partial charge in [-0.05, 0) is 42.3 Å². The zero-order valence-electron chi connectivity index (χ0n) is 17.8. The Morgan fingerprint density at radius 2 is 1.79 bits per heavy atom. The zero-order valence-corrected chi connectivity index (χ0v) is 18.6. The maximum atomic E-state index is 14.1. The topological polar surface area (TPSA) is 123 Å². The van der Waals surface area contributed by atoms with Gasteiger partial charge in [0, 0.05) is 13.1 Å². The molecule has 4 rings (SSSR count). The van der Waals surface area contributed by atoms with Gasteiger partial charge in [-0.15, -0.1) is 0 Å². The van der Waals surface area contributed by atoms with Gasteiger partial charge in [0.25, 0.3) is 0 Å². The van der Waals surface area contributed by atoms with Crippen LogP contribution < -0.4 is 20.1 Å². The Balaban J connectivity index is 1.36. The predicted molar refractivity (Wildman–Crippen MR) is 112 cm³/mol. The number of nitrogens with one attached hydrogen (secondary N) is 2. The molecule has 0 aliphatic carbocycles. The van der Waals surface area contributed by atoms with E-state index in [0.717, 1.165) is 10.4 Å². The number of rotatable bonds is 6. The highest BCUT2D eigenvalue weighted by atomic mass is 32.2. The van der Waals surface area contributed by atoms with E-state index in [-0.39, 0.29) is 33.0 Å². The van der Waals surface area contributed by atoms with Crippen LogP contribution in [0.2, 0.25) is 0 Å². The van der Waals surface area contributed by atoms with Crippen molar-refractivity contribution in [2.75, 3.05) is 26.5 Å². The molecule has 0 bridgehead atoms. The standard InChI is InChI=1S/C21H21F2N3O7S/c22-14-3-4-15(23)18(9-14)34(29,30)26-6-1-7-31-19(26)11-25-21(28)20(27)24-10-13-2-5-16-17(8-13)33-12-32-16/h2-5,8-9,19H,1,6-7,10-12H2,(H,24,27)(H,25,28)/t19-/m1/s1. The first-order valence-corrected chi connectivity index (χ1v) is 11.7. The summed E-state index contributed by atoms with van der Waals surface area (Å²) >= 11 is 0. The first kappa shape index (κ1) is 23.9. The van der Waals surface area contributed by atoms with E-state index in [9.17, 15) is 26.8 Å². The largest absolute Gasteiger partial charge is 0.454 e. The van der Waals surface area contributed by atoms with Gasteiger partial charge in [0.05, 0.1) is 13.2 Å². The number of halogens is 2. The smallest absolute Gasteiger partial charge is 0.309 e. The molecule has 0 spiro atoms. The van der Waals surface area contributed by atoms with E-state index in [4.69, 9.17) is 14.2 Å². The molecule has 2 heterocycles. The van der Waals surface area contributed by atoms with Crippen molar-refractivity contribution in [2.45, 2.75) is 24.1 Å². The molecule has 10 nitrogen and oxygen atoms in total. The number of carbonyl (C=O) groups excluding carboxylic acids is 2. The number of benzene rings is 2. The minimum Gasteiger partial charge on any atom is -0.454 e. The molecule has 2 aliphatic rings. The molecule has 0 saturated carbocycles. The average Bonchev–Trinajstić information content (AvgIpc) is 3.30. The molecule has 1 fully saturated rings.